The van der Waals surface area contributed by atoms with Crippen molar-refractivity contribution in [2.45, 2.75) is 19.8 Å². The van der Waals surface area contributed by atoms with Crippen LogP contribution < -0.4 is 9.47 Å². The van der Waals surface area contributed by atoms with Gasteiger partial charge in [0.1, 0.15) is 5.57 Å². The molecule has 2 rings (SSSR count). The van der Waals surface area contributed by atoms with E-state index in [2.05, 4.69) is 0 Å². The van der Waals surface area contributed by atoms with Crippen LogP contribution >= 0.6 is 0 Å². The van der Waals surface area contributed by atoms with Crippen molar-refractivity contribution in [3.63, 3.8) is 0 Å². The maximum absolute atomic E-state index is 12.8. The Morgan fingerprint density at radius 3 is 2.00 bits per heavy atom. The molecule has 0 saturated heterocycles. The molecule has 6 nitrogen and oxygen atoms in total. The molecule has 0 unspecified atom stereocenters. The number of Topliss-reactive ketones (excluding diaryl/α,β-unsaturated/α-hetero) is 2. The highest BCUT2D eigenvalue weighted by Gasteiger charge is 2.37. The molecule has 0 radical (unpaired) electrons. The van der Waals surface area contributed by atoms with Crippen LogP contribution in [0.25, 0.3) is 0 Å². The average Bonchev–Trinajstić information content (AvgIpc) is 2.63. The lowest BCUT2D eigenvalue weighted by molar-refractivity contribution is -0.111. The van der Waals surface area contributed by atoms with E-state index < -0.39 is 17.3 Å². The molecule has 0 fully saturated rings. The molecule has 0 aromatic heterocycles. The first-order valence-corrected chi connectivity index (χ1v) is 7.84. The first kappa shape index (κ1) is 18.4. The van der Waals surface area contributed by atoms with Gasteiger partial charge in [0.2, 0.25) is 11.6 Å². The number of hydrogen-bond donors (Lipinski definition) is 0. The number of carbonyl (C=O) groups is 3. The van der Waals surface area contributed by atoms with Gasteiger partial charge in [-0.05, 0) is 24.6 Å². The number of ketones is 3. The fraction of sp³-hybridized carbons (Fsp3) is 0.316. The zero-order valence-corrected chi connectivity index (χ0v) is 14.7. The molecule has 0 bridgehead atoms. The number of fused-ring (bicyclic) bond motifs is 1. The fourth-order valence-corrected chi connectivity index (χ4v) is 2.59. The van der Waals surface area contributed by atoms with Crippen molar-refractivity contribution in [1.29, 1.82) is 0 Å². The highest BCUT2D eigenvalue weighted by Crippen LogP contribution is 2.36. The third-order valence-corrected chi connectivity index (χ3v) is 3.85. The van der Waals surface area contributed by atoms with E-state index in [0.29, 0.717) is 17.9 Å². The molecule has 25 heavy (non-hydrogen) atoms. The highest BCUT2D eigenvalue weighted by atomic mass is 16.5. The monoisotopic (exact) mass is 344 g/mol. The summed E-state index contributed by atoms with van der Waals surface area (Å²) in [6, 6.07) is 2.82. The molecule has 0 heterocycles. The number of allylic oxidation sites excluding steroid dienone is 4. The molecule has 0 saturated carbocycles. The largest absolute Gasteiger partial charge is 0.493 e. The first-order chi connectivity index (χ1) is 12.0. The van der Waals surface area contributed by atoms with Crippen LogP contribution in [0.2, 0.25) is 0 Å². The number of unbranched alkanes of at least 4 members (excludes halogenated alkanes) is 1. The molecule has 6 heteroatoms. The Kier molecular flexibility index (Phi) is 5.75. The van der Waals surface area contributed by atoms with Crippen LogP contribution in [0.4, 0.5) is 0 Å². The van der Waals surface area contributed by atoms with Crippen LogP contribution in [-0.4, -0.2) is 38.7 Å². The summed E-state index contributed by atoms with van der Waals surface area (Å²) in [7, 11) is 4.12. The van der Waals surface area contributed by atoms with Gasteiger partial charge in [-0.1, -0.05) is 19.4 Å². The van der Waals surface area contributed by atoms with Gasteiger partial charge in [0.15, 0.2) is 23.0 Å². The van der Waals surface area contributed by atoms with Gasteiger partial charge in [-0.15, -0.1) is 0 Å². The maximum atomic E-state index is 12.8. The lowest BCUT2D eigenvalue weighted by atomic mass is 9.85. The van der Waals surface area contributed by atoms with Crippen molar-refractivity contribution >= 4 is 17.3 Å². The predicted molar refractivity (Wildman–Crippen MR) is 91.3 cm³/mol. The topological polar surface area (TPSA) is 78.9 Å². The quantitative estimate of drug-likeness (QED) is 0.559. The summed E-state index contributed by atoms with van der Waals surface area (Å²) >= 11 is 0. The molecule has 1 aliphatic rings. The molecule has 1 aromatic rings. The van der Waals surface area contributed by atoms with Gasteiger partial charge in [-0.2, -0.15) is 0 Å². The number of hydrogen-bond acceptors (Lipinski definition) is 6. The number of carbonyl (C=O) groups excluding carboxylic acids is 3. The third kappa shape index (κ3) is 3.33. The third-order valence-electron chi connectivity index (χ3n) is 3.85. The number of benzene rings is 1. The van der Waals surface area contributed by atoms with E-state index in [4.69, 9.17) is 14.2 Å². The van der Waals surface area contributed by atoms with E-state index in [9.17, 15) is 14.4 Å². The summed E-state index contributed by atoms with van der Waals surface area (Å²) in [6.07, 6.45) is 4.54. The first-order valence-electron chi connectivity index (χ1n) is 7.84. The Balaban J connectivity index is 2.60. The summed E-state index contributed by atoms with van der Waals surface area (Å²) in [5.41, 5.74) is -0.0520. The van der Waals surface area contributed by atoms with Crippen LogP contribution in [0.15, 0.2) is 35.6 Å². The Morgan fingerprint density at radius 1 is 0.960 bits per heavy atom. The summed E-state index contributed by atoms with van der Waals surface area (Å²) in [4.78, 5) is 38.0. The second-order valence-electron chi connectivity index (χ2n) is 5.37. The molecule has 1 aliphatic carbocycles. The Morgan fingerprint density at radius 2 is 1.52 bits per heavy atom. The van der Waals surface area contributed by atoms with E-state index in [1.165, 1.54) is 39.5 Å². The molecule has 132 valence electrons. The number of rotatable bonds is 7. The van der Waals surface area contributed by atoms with Gasteiger partial charge >= 0.3 is 0 Å². The van der Waals surface area contributed by atoms with Crippen LogP contribution in [0.1, 0.15) is 40.5 Å². The molecule has 0 aliphatic heterocycles. The van der Waals surface area contributed by atoms with Crippen molar-refractivity contribution in [2.75, 3.05) is 21.3 Å². The maximum Gasteiger partial charge on any atom is 0.229 e. The number of ether oxygens (including phenoxy) is 3. The molecule has 0 N–H and O–H groups in total. The summed E-state index contributed by atoms with van der Waals surface area (Å²) in [5, 5.41) is 0. The molecule has 0 spiro atoms. The van der Waals surface area contributed by atoms with Gasteiger partial charge in [-0.25, -0.2) is 0 Å². The van der Waals surface area contributed by atoms with Crippen LogP contribution in [0, 0.1) is 0 Å². The molecule has 0 amide bonds. The van der Waals surface area contributed by atoms with Gasteiger partial charge in [0.25, 0.3) is 0 Å². The molecule has 0 atom stereocenters. The average molecular weight is 344 g/mol. The second-order valence-corrected chi connectivity index (χ2v) is 5.37. The Bertz CT molecular complexity index is 785. The van der Waals surface area contributed by atoms with E-state index in [0.717, 1.165) is 6.42 Å². The lowest BCUT2D eigenvalue weighted by Gasteiger charge is -2.20. The minimum absolute atomic E-state index is 0.0932. The van der Waals surface area contributed by atoms with Crippen molar-refractivity contribution in [3.05, 3.63) is 46.7 Å². The van der Waals surface area contributed by atoms with Gasteiger partial charge in [0.05, 0.1) is 21.3 Å². The molecule has 1 aromatic carbocycles. The Hall–Kier alpha value is -2.89. The zero-order chi connectivity index (χ0) is 18.6. The van der Waals surface area contributed by atoms with Crippen LogP contribution in [0.5, 0.6) is 11.5 Å². The van der Waals surface area contributed by atoms with Crippen LogP contribution in [-0.2, 0) is 9.53 Å². The minimum Gasteiger partial charge on any atom is -0.493 e. The van der Waals surface area contributed by atoms with E-state index in [1.54, 1.807) is 6.08 Å². The van der Waals surface area contributed by atoms with E-state index in [1.807, 2.05) is 6.92 Å². The van der Waals surface area contributed by atoms with Crippen molar-refractivity contribution in [2.24, 2.45) is 0 Å². The van der Waals surface area contributed by atoms with Crippen molar-refractivity contribution in [1.82, 2.24) is 0 Å². The second kappa shape index (κ2) is 7.79. The van der Waals surface area contributed by atoms with E-state index >= 15 is 0 Å². The Labute approximate surface area is 146 Å². The smallest absolute Gasteiger partial charge is 0.229 e. The lowest BCUT2D eigenvalue weighted by Crippen LogP contribution is -2.27. The van der Waals surface area contributed by atoms with Gasteiger partial charge in [0, 0.05) is 11.1 Å². The van der Waals surface area contributed by atoms with Crippen LogP contribution in [0.3, 0.4) is 0 Å². The van der Waals surface area contributed by atoms with Crippen molar-refractivity contribution < 1.29 is 28.6 Å². The minimum atomic E-state index is -0.571. The fourth-order valence-electron chi connectivity index (χ4n) is 2.59. The van der Waals surface area contributed by atoms with Gasteiger partial charge in [-0.3, -0.25) is 14.4 Å². The van der Waals surface area contributed by atoms with E-state index in [-0.39, 0.29) is 22.5 Å². The molecular formula is C19H20O6. The van der Waals surface area contributed by atoms with Crippen molar-refractivity contribution in [3.8, 4) is 11.5 Å². The summed E-state index contributed by atoms with van der Waals surface area (Å²) in [5.74, 6) is -1.30. The summed E-state index contributed by atoms with van der Waals surface area (Å²) < 4.78 is 15.4. The number of methoxy groups -OCH3 is 3. The molecular weight excluding hydrogens is 324 g/mol. The SMILES string of the molecule is CCC/C=C/C(=O)C1=C(OC)C(=O)c2cc(OC)c(OC)cc2C1=O. The van der Waals surface area contributed by atoms with Gasteiger partial charge < -0.3 is 14.2 Å². The summed E-state index contributed by atoms with van der Waals surface area (Å²) in [6.45, 7) is 1.97. The zero-order valence-electron chi connectivity index (χ0n) is 14.7. The standard InChI is InChI=1S/C19H20O6/c1-5-6-7-8-13(20)16-17(21)11-9-14(23-2)15(24-3)10-12(11)18(22)19(16)25-4/h7-10H,5-6H2,1-4H3/b8-7+. The normalized spacial score (nSPS) is 13.9. The predicted octanol–water partition coefficient (Wildman–Crippen LogP) is 2.91. The highest BCUT2D eigenvalue weighted by molar-refractivity contribution is 6.38.